The van der Waals surface area contributed by atoms with E-state index in [-0.39, 0.29) is 0 Å². The smallest absolute Gasteiger partial charge is 0.0991 e. The first kappa shape index (κ1) is 29.9. The van der Waals surface area contributed by atoms with E-state index in [1.165, 1.54) is 87.6 Å². The SMILES string of the molecule is Cc1cccc(C)c1-c1ccc2c3c(cccc13)-c1cc3c(-c4ccc(C#N)cc4)cc4c5ccccc5c(-c5ccc(C#N)cc5)cc4c3cc1-2. The van der Waals surface area contributed by atoms with Crippen LogP contribution in [0.3, 0.4) is 0 Å². The van der Waals surface area contributed by atoms with Gasteiger partial charge in [0, 0.05) is 0 Å². The van der Waals surface area contributed by atoms with Crippen LogP contribution in [0.5, 0.6) is 0 Å². The molecule has 0 N–H and O–H groups in total. The Bertz CT molecular complexity index is 3060. The molecule has 0 saturated heterocycles. The van der Waals surface area contributed by atoms with E-state index >= 15 is 0 Å². The van der Waals surface area contributed by atoms with Crippen LogP contribution in [-0.4, -0.2) is 0 Å². The third-order valence-electron chi connectivity index (χ3n) is 11.1. The molecule has 0 heterocycles. The Balaban J connectivity index is 1.32. The van der Waals surface area contributed by atoms with E-state index in [2.05, 4.69) is 147 Å². The van der Waals surface area contributed by atoms with E-state index in [1.54, 1.807) is 0 Å². The second kappa shape index (κ2) is 11.3. The molecule has 2 heteroatoms. The fourth-order valence-electron chi connectivity index (χ4n) is 8.73. The topological polar surface area (TPSA) is 47.6 Å². The molecule has 0 bridgehead atoms. The summed E-state index contributed by atoms with van der Waals surface area (Å²) in [5, 5.41) is 28.8. The Morgan fingerprint density at radius 1 is 0.346 bits per heavy atom. The van der Waals surface area contributed by atoms with Gasteiger partial charge in [0.15, 0.2) is 0 Å². The summed E-state index contributed by atoms with van der Waals surface area (Å²) in [5.41, 5.74) is 15.9. The third-order valence-corrected chi connectivity index (χ3v) is 11.1. The Kier molecular flexibility index (Phi) is 6.47. The first-order valence-corrected chi connectivity index (χ1v) is 17.6. The van der Waals surface area contributed by atoms with Crippen molar-refractivity contribution in [2.24, 2.45) is 0 Å². The van der Waals surface area contributed by atoms with Crippen LogP contribution in [0.4, 0.5) is 0 Å². The zero-order valence-electron chi connectivity index (χ0n) is 28.8. The summed E-state index contributed by atoms with van der Waals surface area (Å²) >= 11 is 0. The highest BCUT2D eigenvalue weighted by atomic mass is 14.3. The van der Waals surface area contributed by atoms with Gasteiger partial charge in [-0.15, -0.1) is 0 Å². The van der Waals surface area contributed by atoms with Crippen molar-refractivity contribution in [2.45, 2.75) is 13.8 Å². The van der Waals surface area contributed by atoms with Crippen molar-refractivity contribution >= 4 is 43.1 Å². The summed E-state index contributed by atoms with van der Waals surface area (Å²) < 4.78 is 0. The number of hydrogen-bond donors (Lipinski definition) is 0. The molecule has 1 aliphatic rings. The van der Waals surface area contributed by atoms with Crippen LogP contribution in [0.15, 0.2) is 146 Å². The van der Waals surface area contributed by atoms with E-state index in [4.69, 9.17) is 0 Å². The molecule has 0 atom stereocenters. The maximum atomic E-state index is 9.60. The highest BCUT2D eigenvalue weighted by Gasteiger charge is 2.26. The van der Waals surface area contributed by atoms with Crippen LogP contribution in [0.25, 0.3) is 98.7 Å². The predicted molar refractivity (Wildman–Crippen MR) is 216 cm³/mol. The minimum Gasteiger partial charge on any atom is -0.192 e. The Labute approximate surface area is 302 Å². The van der Waals surface area contributed by atoms with Crippen molar-refractivity contribution in [3.8, 4) is 67.8 Å². The van der Waals surface area contributed by atoms with Gasteiger partial charge < -0.3 is 0 Å². The summed E-state index contributed by atoms with van der Waals surface area (Å²) in [7, 11) is 0. The van der Waals surface area contributed by atoms with Crippen molar-refractivity contribution in [3.05, 3.63) is 168 Å². The van der Waals surface area contributed by atoms with Crippen LogP contribution in [-0.2, 0) is 0 Å². The van der Waals surface area contributed by atoms with Gasteiger partial charge in [0.2, 0.25) is 0 Å². The van der Waals surface area contributed by atoms with Gasteiger partial charge in [0.25, 0.3) is 0 Å². The molecule has 2 nitrogen and oxygen atoms in total. The lowest BCUT2D eigenvalue weighted by Crippen LogP contribution is -1.91. The van der Waals surface area contributed by atoms with Crippen LogP contribution < -0.4 is 0 Å². The highest BCUT2D eigenvalue weighted by molar-refractivity contribution is 6.27. The first-order chi connectivity index (χ1) is 25.5. The largest absolute Gasteiger partial charge is 0.192 e. The number of fused-ring (bicyclic) bond motifs is 8. The van der Waals surface area contributed by atoms with Gasteiger partial charge >= 0.3 is 0 Å². The van der Waals surface area contributed by atoms with Gasteiger partial charge in [-0.25, -0.2) is 0 Å². The van der Waals surface area contributed by atoms with Crippen molar-refractivity contribution in [3.63, 3.8) is 0 Å². The molecule has 0 amide bonds. The van der Waals surface area contributed by atoms with Gasteiger partial charge in [0.05, 0.1) is 23.3 Å². The molecule has 52 heavy (non-hydrogen) atoms. The zero-order valence-corrected chi connectivity index (χ0v) is 28.8. The normalized spacial score (nSPS) is 11.6. The summed E-state index contributed by atoms with van der Waals surface area (Å²) in [6.07, 6.45) is 0. The molecular weight excluding hydrogens is 629 g/mol. The Hall–Kier alpha value is -7.00. The summed E-state index contributed by atoms with van der Waals surface area (Å²) in [4.78, 5) is 0. The molecule has 0 unspecified atom stereocenters. The average Bonchev–Trinajstić information content (AvgIpc) is 3.50. The first-order valence-electron chi connectivity index (χ1n) is 17.6. The standard InChI is InChI=1S/C50H30N2/c1-29-7-5-8-30(2)49(29)39-21-22-40-45-26-48-46(25-44(45)38-12-6-11-37(39)50(38)40)42(34-19-15-32(28-52)16-20-34)24-43-36-10-4-3-9-35(36)41(23-47(43)48)33-17-13-31(27-51)14-18-33/h3-26H,1-2H3. The molecule has 1 aliphatic carbocycles. The molecule has 0 spiro atoms. The second-order valence-electron chi connectivity index (χ2n) is 14.0. The molecule has 0 fully saturated rings. The summed E-state index contributed by atoms with van der Waals surface area (Å²) in [5.74, 6) is 0. The van der Waals surface area contributed by atoms with Crippen LogP contribution >= 0.6 is 0 Å². The molecular formula is C50H30N2. The molecule has 10 rings (SSSR count). The summed E-state index contributed by atoms with van der Waals surface area (Å²) in [6, 6.07) is 56.6. The van der Waals surface area contributed by atoms with E-state index < -0.39 is 0 Å². The number of nitrogens with zero attached hydrogens (tertiary/aromatic N) is 2. The highest BCUT2D eigenvalue weighted by Crippen LogP contribution is 2.53. The maximum absolute atomic E-state index is 9.60. The predicted octanol–water partition coefficient (Wildman–Crippen LogP) is 13.3. The fraction of sp³-hybridized carbons (Fsp3) is 0.0400. The quantitative estimate of drug-likeness (QED) is 0.177. The van der Waals surface area contributed by atoms with Gasteiger partial charge in [-0.1, -0.05) is 97.1 Å². The number of hydrogen-bond acceptors (Lipinski definition) is 2. The molecule has 0 saturated carbocycles. The second-order valence-corrected chi connectivity index (χ2v) is 14.0. The molecule has 0 radical (unpaired) electrons. The zero-order chi connectivity index (χ0) is 35.1. The van der Waals surface area contributed by atoms with Crippen LogP contribution in [0.2, 0.25) is 0 Å². The Morgan fingerprint density at radius 3 is 1.44 bits per heavy atom. The Morgan fingerprint density at radius 2 is 0.808 bits per heavy atom. The number of aryl methyl sites for hydroxylation is 2. The molecule has 9 aromatic carbocycles. The number of benzene rings is 9. The maximum Gasteiger partial charge on any atom is 0.0991 e. The fourth-order valence-corrected chi connectivity index (χ4v) is 8.73. The van der Waals surface area contributed by atoms with Gasteiger partial charge in [0.1, 0.15) is 0 Å². The lowest BCUT2D eigenvalue weighted by Gasteiger charge is -2.17. The average molecular weight is 659 g/mol. The summed E-state index contributed by atoms with van der Waals surface area (Å²) in [6.45, 7) is 4.41. The monoisotopic (exact) mass is 658 g/mol. The minimum atomic E-state index is 0.647. The van der Waals surface area contributed by atoms with Crippen molar-refractivity contribution in [2.75, 3.05) is 0 Å². The van der Waals surface area contributed by atoms with Crippen molar-refractivity contribution < 1.29 is 0 Å². The van der Waals surface area contributed by atoms with Crippen molar-refractivity contribution in [1.82, 2.24) is 0 Å². The van der Waals surface area contributed by atoms with Gasteiger partial charge in [-0.05, 0) is 172 Å². The van der Waals surface area contributed by atoms with Gasteiger partial charge in [-0.3, -0.25) is 0 Å². The van der Waals surface area contributed by atoms with Crippen LogP contribution in [0, 0.1) is 36.5 Å². The number of rotatable bonds is 3. The lowest BCUT2D eigenvalue weighted by molar-refractivity contribution is 1.38. The van der Waals surface area contributed by atoms with Crippen molar-refractivity contribution in [1.29, 1.82) is 10.5 Å². The van der Waals surface area contributed by atoms with E-state index in [9.17, 15) is 10.5 Å². The third kappa shape index (κ3) is 4.29. The molecule has 9 aromatic rings. The lowest BCUT2D eigenvalue weighted by atomic mass is 9.86. The minimum absolute atomic E-state index is 0.647. The molecule has 0 aliphatic heterocycles. The van der Waals surface area contributed by atoms with E-state index in [0.717, 1.165) is 22.3 Å². The molecule has 240 valence electrons. The molecule has 0 aromatic heterocycles. The van der Waals surface area contributed by atoms with E-state index in [0.29, 0.717) is 11.1 Å². The van der Waals surface area contributed by atoms with Gasteiger partial charge in [-0.2, -0.15) is 10.5 Å². The van der Waals surface area contributed by atoms with E-state index in [1.807, 2.05) is 24.3 Å². The number of nitriles is 2. The van der Waals surface area contributed by atoms with Crippen LogP contribution in [0.1, 0.15) is 22.3 Å².